The van der Waals surface area contributed by atoms with Crippen LogP contribution in [-0.4, -0.2) is 35.4 Å². The Bertz CT molecular complexity index is 787. The summed E-state index contributed by atoms with van der Waals surface area (Å²) in [6.45, 7) is 1.18. The van der Waals surface area contributed by atoms with Gasteiger partial charge in [0, 0.05) is 31.5 Å². The number of sulfonamides is 1. The van der Waals surface area contributed by atoms with E-state index in [-0.39, 0.29) is 5.09 Å². The first-order chi connectivity index (χ1) is 11.1. The van der Waals surface area contributed by atoms with E-state index in [4.69, 9.17) is 4.42 Å². The Balaban J connectivity index is 1.44. The first-order valence-corrected chi connectivity index (χ1v) is 10.3. The molecule has 0 aromatic carbocycles. The largest absolute Gasteiger partial charge is 0.447 e. The van der Waals surface area contributed by atoms with Crippen molar-refractivity contribution in [1.82, 2.24) is 13.9 Å². The lowest BCUT2D eigenvalue weighted by atomic mass is 10.4. The van der Waals surface area contributed by atoms with Crippen LogP contribution < -0.4 is 0 Å². The van der Waals surface area contributed by atoms with E-state index in [2.05, 4.69) is 9.55 Å². The van der Waals surface area contributed by atoms with E-state index in [9.17, 15) is 8.42 Å². The molecule has 124 valence electrons. The number of rotatable bonds is 6. The quantitative estimate of drug-likeness (QED) is 0.747. The summed E-state index contributed by atoms with van der Waals surface area (Å²) in [6, 6.07) is 3.90. The normalized spacial score (nSPS) is 19.5. The molecule has 0 N–H and O–H groups in total. The minimum atomic E-state index is -3.47. The van der Waals surface area contributed by atoms with E-state index in [1.54, 1.807) is 23.9 Å². The van der Waals surface area contributed by atoms with Gasteiger partial charge in [-0.05, 0) is 37.8 Å². The number of thioether (sulfide) groups is 1. The summed E-state index contributed by atoms with van der Waals surface area (Å²) >= 11 is 1.58. The molecule has 0 radical (unpaired) electrons. The molecule has 0 atom stereocenters. The molecular weight excluding hydrogens is 334 g/mol. The first-order valence-electron chi connectivity index (χ1n) is 7.89. The Kier molecular flexibility index (Phi) is 3.98. The molecule has 0 unspecified atom stereocenters. The van der Waals surface area contributed by atoms with Gasteiger partial charge in [0.2, 0.25) is 5.09 Å². The Morgan fingerprint density at radius 3 is 2.78 bits per heavy atom. The number of hydrogen-bond acceptors (Lipinski definition) is 5. The number of aromatic nitrogens is 2. The molecule has 3 heterocycles. The zero-order valence-electron chi connectivity index (χ0n) is 12.7. The van der Waals surface area contributed by atoms with Crippen molar-refractivity contribution >= 4 is 21.8 Å². The molecule has 23 heavy (non-hydrogen) atoms. The highest BCUT2D eigenvalue weighted by molar-refractivity contribution is 7.98. The maximum Gasteiger partial charge on any atom is 0.276 e. The summed E-state index contributed by atoms with van der Waals surface area (Å²) in [7, 11) is -3.47. The average Bonchev–Trinajstić information content (AvgIpc) is 3.04. The molecule has 2 aliphatic rings. The highest BCUT2D eigenvalue weighted by atomic mass is 32.2. The van der Waals surface area contributed by atoms with Crippen molar-refractivity contribution in [3.63, 3.8) is 0 Å². The topological polar surface area (TPSA) is 68.3 Å². The van der Waals surface area contributed by atoms with Gasteiger partial charge >= 0.3 is 0 Å². The van der Waals surface area contributed by atoms with E-state index >= 15 is 0 Å². The minimum absolute atomic E-state index is 0.0561. The number of nitrogens with zero attached hydrogens (tertiary/aromatic N) is 3. The van der Waals surface area contributed by atoms with Crippen molar-refractivity contribution in [2.45, 2.75) is 47.7 Å². The third-order valence-electron chi connectivity index (χ3n) is 4.21. The second kappa shape index (κ2) is 5.99. The van der Waals surface area contributed by atoms with Gasteiger partial charge in [-0.2, -0.15) is 4.31 Å². The SMILES string of the molecule is O=S(=O)(c1ccc(CSc2nccn2C2CC2)o1)N1CCCC1. The van der Waals surface area contributed by atoms with Crippen LogP contribution in [0.3, 0.4) is 0 Å². The predicted molar refractivity (Wildman–Crippen MR) is 86.8 cm³/mol. The summed E-state index contributed by atoms with van der Waals surface area (Å²) in [4.78, 5) is 4.37. The highest BCUT2D eigenvalue weighted by Crippen LogP contribution is 2.38. The average molecular weight is 353 g/mol. The van der Waals surface area contributed by atoms with E-state index < -0.39 is 10.0 Å². The third kappa shape index (κ3) is 3.07. The van der Waals surface area contributed by atoms with Gasteiger partial charge in [-0.3, -0.25) is 0 Å². The molecule has 0 amide bonds. The second-order valence-corrected chi connectivity index (χ2v) is 8.78. The second-order valence-electron chi connectivity index (χ2n) is 5.97. The van der Waals surface area contributed by atoms with Crippen molar-refractivity contribution in [3.05, 3.63) is 30.3 Å². The van der Waals surface area contributed by atoms with Gasteiger partial charge in [-0.15, -0.1) is 0 Å². The van der Waals surface area contributed by atoms with Crippen LogP contribution in [0.2, 0.25) is 0 Å². The molecule has 1 saturated heterocycles. The summed E-state index contributed by atoms with van der Waals surface area (Å²) in [5.41, 5.74) is 0. The van der Waals surface area contributed by atoms with Crippen LogP contribution in [0.15, 0.2) is 39.2 Å². The van der Waals surface area contributed by atoms with Gasteiger partial charge in [0.05, 0.1) is 5.75 Å². The standard InChI is InChI=1S/C15H19N3O3S2/c19-23(20,17-8-1-2-9-17)14-6-5-13(21-14)11-22-15-16-7-10-18(15)12-3-4-12/h5-7,10,12H,1-4,8-9,11H2. The van der Waals surface area contributed by atoms with Gasteiger partial charge in [-0.1, -0.05) is 11.8 Å². The number of hydrogen-bond donors (Lipinski definition) is 0. The monoisotopic (exact) mass is 353 g/mol. The van der Waals surface area contributed by atoms with Crippen molar-refractivity contribution in [2.75, 3.05) is 13.1 Å². The van der Waals surface area contributed by atoms with Crippen molar-refractivity contribution < 1.29 is 12.8 Å². The molecule has 1 aliphatic heterocycles. The minimum Gasteiger partial charge on any atom is -0.447 e. The van der Waals surface area contributed by atoms with Crippen LogP contribution in [0.5, 0.6) is 0 Å². The highest BCUT2D eigenvalue weighted by Gasteiger charge is 2.30. The summed E-state index contributed by atoms with van der Waals surface area (Å²) in [5.74, 6) is 1.25. The van der Waals surface area contributed by atoms with E-state index in [1.165, 1.54) is 17.1 Å². The third-order valence-corrected chi connectivity index (χ3v) is 6.99. The fourth-order valence-electron chi connectivity index (χ4n) is 2.81. The predicted octanol–water partition coefficient (Wildman–Crippen LogP) is 2.89. The van der Waals surface area contributed by atoms with Gasteiger partial charge in [0.15, 0.2) is 5.16 Å². The van der Waals surface area contributed by atoms with E-state index in [0.717, 1.165) is 18.0 Å². The Hall–Kier alpha value is -1.25. The molecule has 2 aromatic rings. The molecule has 4 rings (SSSR count). The van der Waals surface area contributed by atoms with Crippen LogP contribution in [0, 0.1) is 0 Å². The zero-order chi connectivity index (χ0) is 15.9. The smallest absolute Gasteiger partial charge is 0.276 e. The number of furan rings is 1. The molecule has 1 saturated carbocycles. The van der Waals surface area contributed by atoms with Crippen LogP contribution >= 0.6 is 11.8 Å². The molecule has 1 aliphatic carbocycles. The van der Waals surface area contributed by atoms with Crippen LogP contribution in [-0.2, 0) is 15.8 Å². The zero-order valence-corrected chi connectivity index (χ0v) is 14.4. The maximum atomic E-state index is 12.4. The van der Waals surface area contributed by atoms with E-state index in [0.29, 0.717) is 30.6 Å². The van der Waals surface area contributed by atoms with Crippen molar-refractivity contribution in [1.29, 1.82) is 0 Å². The maximum absolute atomic E-state index is 12.4. The van der Waals surface area contributed by atoms with Gasteiger partial charge in [0.1, 0.15) is 5.76 Å². The Labute approximate surface area is 139 Å². The molecule has 0 bridgehead atoms. The fraction of sp³-hybridized carbons (Fsp3) is 0.533. The van der Waals surface area contributed by atoms with Gasteiger partial charge < -0.3 is 8.98 Å². The van der Waals surface area contributed by atoms with Crippen LogP contribution in [0.1, 0.15) is 37.5 Å². The Morgan fingerprint density at radius 2 is 2.04 bits per heavy atom. The van der Waals surface area contributed by atoms with Gasteiger partial charge in [-0.25, -0.2) is 13.4 Å². The molecule has 2 fully saturated rings. The van der Waals surface area contributed by atoms with Gasteiger partial charge in [0.25, 0.3) is 10.0 Å². The molecule has 8 heteroatoms. The molecule has 0 spiro atoms. The van der Waals surface area contributed by atoms with Crippen molar-refractivity contribution in [2.24, 2.45) is 0 Å². The summed E-state index contributed by atoms with van der Waals surface area (Å²) in [6.07, 6.45) is 8.09. The molecule has 6 nitrogen and oxygen atoms in total. The van der Waals surface area contributed by atoms with Crippen LogP contribution in [0.25, 0.3) is 0 Å². The van der Waals surface area contributed by atoms with Crippen molar-refractivity contribution in [3.8, 4) is 0 Å². The molecule has 2 aromatic heterocycles. The van der Waals surface area contributed by atoms with E-state index in [1.807, 2.05) is 12.4 Å². The van der Waals surface area contributed by atoms with Crippen LogP contribution in [0.4, 0.5) is 0 Å². The molecular formula is C15H19N3O3S2. The number of imidazole rings is 1. The summed E-state index contributed by atoms with van der Waals surface area (Å²) < 4.78 is 34.2. The fourth-order valence-corrected chi connectivity index (χ4v) is 5.17. The summed E-state index contributed by atoms with van der Waals surface area (Å²) in [5, 5.41) is 1.02. The Morgan fingerprint density at radius 1 is 1.26 bits per heavy atom. The lowest BCUT2D eigenvalue weighted by molar-refractivity contribution is 0.397. The lowest BCUT2D eigenvalue weighted by Crippen LogP contribution is -2.27. The lowest BCUT2D eigenvalue weighted by Gasteiger charge is -2.12. The first kappa shape index (κ1) is 15.3.